The Morgan fingerprint density at radius 1 is 1.14 bits per heavy atom. The Balaban J connectivity index is 1.67. The maximum atomic E-state index is 12.3. The van der Waals surface area contributed by atoms with Crippen LogP contribution in [0.5, 0.6) is 5.75 Å². The summed E-state index contributed by atoms with van der Waals surface area (Å²) in [6.07, 6.45) is 4.61. The van der Waals surface area contributed by atoms with Crippen molar-refractivity contribution in [2.75, 3.05) is 38.2 Å². The number of nitrogens with zero attached hydrogens (tertiary/aromatic N) is 4. The van der Waals surface area contributed by atoms with E-state index in [0.29, 0.717) is 18.8 Å². The number of hydrogen-bond acceptors (Lipinski definition) is 5. The molecule has 6 heteroatoms. The maximum Gasteiger partial charge on any atom is 0.274 e. The fraction of sp³-hybridized carbons (Fsp3) is 0.312. The Labute approximate surface area is 129 Å². The zero-order chi connectivity index (χ0) is 15.4. The average molecular weight is 298 g/mol. The predicted molar refractivity (Wildman–Crippen MR) is 83.1 cm³/mol. The summed E-state index contributed by atoms with van der Waals surface area (Å²) in [5.41, 5.74) is 1.46. The minimum atomic E-state index is -0.0622. The van der Waals surface area contributed by atoms with E-state index in [1.165, 1.54) is 12.4 Å². The van der Waals surface area contributed by atoms with Gasteiger partial charge in [0.25, 0.3) is 5.91 Å². The normalized spacial score (nSPS) is 14.8. The summed E-state index contributed by atoms with van der Waals surface area (Å²) in [7, 11) is 1.67. The van der Waals surface area contributed by atoms with Gasteiger partial charge in [-0.25, -0.2) is 4.98 Å². The number of benzene rings is 1. The van der Waals surface area contributed by atoms with E-state index >= 15 is 0 Å². The number of aromatic nitrogens is 2. The van der Waals surface area contributed by atoms with Crippen molar-refractivity contribution in [2.45, 2.75) is 0 Å². The van der Waals surface area contributed by atoms with Gasteiger partial charge in [-0.15, -0.1) is 0 Å². The molecule has 1 aliphatic heterocycles. The number of ether oxygens (including phenoxy) is 1. The predicted octanol–water partition coefficient (Wildman–Crippen LogP) is 1.45. The third-order valence-corrected chi connectivity index (χ3v) is 3.78. The standard InChI is InChI=1S/C16H18N4O2/c1-22-15-5-3-2-4-14(15)19-8-10-20(11-9-19)16(21)13-12-17-6-7-18-13/h2-7,12H,8-11H2,1H3. The van der Waals surface area contributed by atoms with E-state index in [2.05, 4.69) is 14.9 Å². The quantitative estimate of drug-likeness (QED) is 0.858. The first-order chi connectivity index (χ1) is 10.8. The smallest absolute Gasteiger partial charge is 0.274 e. The number of hydrogen-bond donors (Lipinski definition) is 0. The molecule has 114 valence electrons. The number of carbonyl (C=O) groups is 1. The van der Waals surface area contributed by atoms with Crippen molar-refractivity contribution < 1.29 is 9.53 Å². The molecule has 2 heterocycles. The highest BCUT2D eigenvalue weighted by Gasteiger charge is 2.24. The van der Waals surface area contributed by atoms with E-state index in [1.807, 2.05) is 29.2 Å². The summed E-state index contributed by atoms with van der Waals surface area (Å²) in [5.74, 6) is 0.795. The molecule has 0 N–H and O–H groups in total. The highest BCUT2D eigenvalue weighted by Crippen LogP contribution is 2.28. The summed E-state index contributed by atoms with van der Waals surface area (Å²) >= 11 is 0. The van der Waals surface area contributed by atoms with Crippen molar-refractivity contribution in [1.82, 2.24) is 14.9 Å². The van der Waals surface area contributed by atoms with Crippen molar-refractivity contribution in [3.63, 3.8) is 0 Å². The molecule has 2 aromatic rings. The first-order valence-corrected chi connectivity index (χ1v) is 7.23. The minimum absolute atomic E-state index is 0.0622. The first-order valence-electron chi connectivity index (χ1n) is 7.23. The van der Waals surface area contributed by atoms with Gasteiger partial charge < -0.3 is 14.5 Å². The molecule has 0 saturated carbocycles. The largest absolute Gasteiger partial charge is 0.495 e. The molecule has 0 bridgehead atoms. The van der Waals surface area contributed by atoms with Gasteiger partial charge in [0.1, 0.15) is 11.4 Å². The van der Waals surface area contributed by atoms with Gasteiger partial charge >= 0.3 is 0 Å². The van der Waals surface area contributed by atoms with Crippen LogP contribution in [0.1, 0.15) is 10.5 Å². The molecule has 22 heavy (non-hydrogen) atoms. The van der Waals surface area contributed by atoms with Crippen LogP contribution in [0.15, 0.2) is 42.9 Å². The molecule has 0 radical (unpaired) electrons. The molecule has 1 aromatic carbocycles. The molecule has 1 aromatic heterocycles. The van der Waals surface area contributed by atoms with Gasteiger partial charge in [-0.3, -0.25) is 9.78 Å². The lowest BCUT2D eigenvalue weighted by Crippen LogP contribution is -2.49. The highest BCUT2D eigenvalue weighted by atomic mass is 16.5. The van der Waals surface area contributed by atoms with Gasteiger partial charge in [0.05, 0.1) is 19.0 Å². The number of piperazine rings is 1. The van der Waals surface area contributed by atoms with Gasteiger partial charge in [0.15, 0.2) is 0 Å². The van der Waals surface area contributed by atoms with Crippen LogP contribution in [0.3, 0.4) is 0 Å². The average Bonchev–Trinajstić information content (AvgIpc) is 2.62. The molecule has 0 aliphatic carbocycles. The van der Waals surface area contributed by atoms with E-state index in [-0.39, 0.29) is 5.91 Å². The molecule has 0 unspecified atom stereocenters. The molecule has 6 nitrogen and oxygen atoms in total. The van der Waals surface area contributed by atoms with Crippen LogP contribution in [0.2, 0.25) is 0 Å². The third kappa shape index (κ3) is 2.86. The third-order valence-electron chi connectivity index (χ3n) is 3.78. The van der Waals surface area contributed by atoms with E-state index in [4.69, 9.17) is 4.74 Å². The number of carbonyl (C=O) groups excluding carboxylic acids is 1. The van der Waals surface area contributed by atoms with Crippen LogP contribution in [0, 0.1) is 0 Å². The van der Waals surface area contributed by atoms with E-state index in [9.17, 15) is 4.79 Å². The lowest BCUT2D eigenvalue weighted by molar-refractivity contribution is 0.0740. The van der Waals surface area contributed by atoms with E-state index in [0.717, 1.165) is 24.5 Å². The first kappa shape index (κ1) is 14.3. The lowest BCUT2D eigenvalue weighted by atomic mass is 10.2. The van der Waals surface area contributed by atoms with Gasteiger partial charge in [0.2, 0.25) is 0 Å². The maximum absolute atomic E-state index is 12.3. The number of para-hydroxylation sites is 2. The van der Waals surface area contributed by atoms with Crippen LogP contribution in [0.4, 0.5) is 5.69 Å². The number of methoxy groups -OCH3 is 1. The second-order valence-corrected chi connectivity index (χ2v) is 5.04. The molecule has 0 atom stereocenters. The van der Waals surface area contributed by atoms with E-state index < -0.39 is 0 Å². The monoisotopic (exact) mass is 298 g/mol. The minimum Gasteiger partial charge on any atom is -0.495 e. The summed E-state index contributed by atoms with van der Waals surface area (Å²) in [5, 5.41) is 0. The number of anilines is 1. The van der Waals surface area contributed by atoms with Crippen molar-refractivity contribution in [2.24, 2.45) is 0 Å². The Morgan fingerprint density at radius 2 is 1.91 bits per heavy atom. The summed E-state index contributed by atoms with van der Waals surface area (Å²) in [4.78, 5) is 24.4. The Kier molecular flexibility index (Phi) is 4.18. The van der Waals surface area contributed by atoms with Gasteiger partial charge in [-0.05, 0) is 12.1 Å². The zero-order valence-corrected chi connectivity index (χ0v) is 12.5. The summed E-state index contributed by atoms with van der Waals surface area (Å²) < 4.78 is 5.40. The molecule has 1 fully saturated rings. The molecule has 0 spiro atoms. The fourth-order valence-electron chi connectivity index (χ4n) is 2.61. The van der Waals surface area contributed by atoms with Crippen molar-refractivity contribution in [3.8, 4) is 5.75 Å². The topological polar surface area (TPSA) is 58.6 Å². The molecular weight excluding hydrogens is 280 g/mol. The van der Waals surface area contributed by atoms with Crippen molar-refractivity contribution >= 4 is 11.6 Å². The van der Waals surface area contributed by atoms with E-state index in [1.54, 1.807) is 13.3 Å². The van der Waals surface area contributed by atoms with Crippen molar-refractivity contribution in [1.29, 1.82) is 0 Å². The second kappa shape index (κ2) is 6.43. The Bertz CT molecular complexity index is 640. The van der Waals surface area contributed by atoms with Crippen LogP contribution in [-0.2, 0) is 0 Å². The molecule has 1 saturated heterocycles. The molecule has 1 amide bonds. The van der Waals surface area contributed by atoms with Gasteiger partial charge in [-0.2, -0.15) is 0 Å². The fourth-order valence-corrected chi connectivity index (χ4v) is 2.61. The van der Waals surface area contributed by atoms with Gasteiger partial charge in [0, 0.05) is 38.6 Å². The van der Waals surface area contributed by atoms with Crippen LogP contribution in [0.25, 0.3) is 0 Å². The lowest BCUT2D eigenvalue weighted by Gasteiger charge is -2.36. The number of rotatable bonds is 3. The van der Waals surface area contributed by atoms with Crippen molar-refractivity contribution in [3.05, 3.63) is 48.5 Å². The van der Waals surface area contributed by atoms with Crippen LogP contribution < -0.4 is 9.64 Å². The molecule has 1 aliphatic rings. The summed E-state index contributed by atoms with van der Waals surface area (Å²) in [6, 6.07) is 7.94. The molecular formula is C16H18N4O2. The SMILES string of the molecule is COc1ccccc1N1CCN(C(=O)c2cnccn2)CC1. The Hall–Kier alpha value is -2.63. The Morgan fingerprint density at radius 3 is 2.59 bits per heavy atom. The summed E-state index contributed by atoms with van der Waals surface area (Å²) in [6.45, 7) is 2.86. The molecule has 3 rings (SSSR count). The zero-order valence-electron chi connectivity index (χ0n) is 12.5. The number of amides is 1. The van der Waals surface area contributed by atoms with Crippen LogP contribution in [-0.4, -0.2) is 54.1 Å². The van der Waals surface area contributed by atoms with Gasteiger partial charge in [-0.1, -0.05) is 12.1 Å². The second-order valence-electron chi connectivity index (χ2n) is 5.04. The van der Waals surface area contributed by atoms with Crippen LogP contribution >= 0.6 is 0 Å². The highest BCUT2D eigenvalue weighted by molar-refractivity contribution is 5.92.